The number of ether oxygens (including phenoxy) is 4. The van der Waals surface area contributed by atoms with Crippen LogP contribution >= 0.6 is 0 Å². The number of nitrogens with one attached hydrogen (secondary N) is 1. The van der Waals surface area contributed by atoms with Crippen LogP contribution in [0.25, 0.3) is 11.2 Å². The van der Waals surface area contributed by atoms with Crippen LogP contribution < -0.4 is 11.1 Å². The van der Waals surface area contributed by atoms with Gasteiger partial charge in [0.25, 0.3) is 0 Å². The zero-order chi connectivity index (χ0) is 25.8. The smallest absolute Gasteiger partial charge is 0.408 e. The standard InChI is InChI=1S/C24H35N7O5/c1-23(2,3)36-22(32)29-13-7-8-14(9-13)30(6)10-15-17-18(35-24(4,5)34-17)21(33-15)31-12-28-16-19(25)26-11-27-20(16)31/h7-8,11-15,17-18,21H,9-10H2,1-6H3,(H,29,32)(H2,25,26,27)/t13-,14-,15+,17+,18+,21+/m0/s1. The number of hydrogen-bond acceptors (Lipinski definition) is 10. The van der Waals surface area contributed by atoms with Gasteiger partial charge in [0, 0.05) is 12.6 Å². The number of hydrogen-bond donors (Lipinski definition) is 2. The second-order valence-corrected chi connectivity index (χ2v) is 11.1. The quantitative estimate of drug-likeness (QED) is 0.585. The molecule has 6 atom stereocenters. The molecule has 1 aliphatic carbocycles. The largest absolute Gasteiger partial charge is 0.444 e. The van der Waals surface area contributed by atoms with Crippen molar-refractivity contribution >= 4 is 23.1 Å². The number of nitrogens with zero attached hydrogens (tertiary/aromatic N) is 5. The summed E-state index contributed by atoms with van der Waals surface area (Å²) in [5.41, 5.74) is 6.56. The molecule has 2 fully saturated rings. The number of aromatic nitrogens is 4. The number of alkyl carbamates (subject to hydrolysis) is 1. The number of anilines is 1. The van der Waals surface area contributed by atoms with Gasteiger partial charge in [0.2, 0.25) is 0 Å². The maximum Gasteiger partial charge on any atom is 0.408 e. The molecule has 3 aliphatic rings. The molecule has 4 heterocycles. The van der Waals surface area contributed by atoms with Crippen molar-refractivity contribution in [2.45, 2.75) is 89.1 Å². The van der Waals surface area contributed by atoms with E-state index in [0.717, 1.165) is 6.42 Å². The molecule has 12 heteroatoms. The van der Waals surface area contributed by atoms with Crippen molar-refractivity contribution in [3.8, 4) is 0 Å². The summed E-state index contributed by atoms with van der Waals surface area (Å²) in [7, 11) is 2.04. The number of nitrogen functional groups attached to an aromatic ring is 1. The first kappa shape index (κ1) is 24.9. The van der Waals surface area contributed by atoms with E-state index in [1.54, 1.807) is 6.33 Å². The van der Waals surface area contributed by atoms with E-state index in [-0.39, 0.29) is 30.4 Å². The fourth-order valence-electron chi connectivity index (χ4n) is 5.08. The number of carbonyl (C=O) groups is 1. The number of likely N-dealkylation sites (N-methyl/N-ethyl adjacent to an activating group) is 1. The first-order chi connectivity index (χ1) is 16.9. The Hall–Kier alpha value is -2.80. The monoisotopic (exact) mass is 501 g/mol. The fraction of sp³-hybridized carbons (Fsp3) is 0.667. The lowest BCUT2D eigenvalue weighted by molar-refractivity contribution is -0.198. The molecule has 0 bridgehead atoms. The van der Waals surface area contributed by atoms with Gasteiger partial charge in [0.15, 0.2) is 23.5 Å². The molecule has 2 saturated heterocycles. The highest BCUT2D eigenvalue weighted by Crippen LogP contribution is 2.44. The van der Waals surface area contributed by atoms with Crippen molar-refractivity contribution in [2.75, 3.05) is 19.3 Å². The predicted octanol–water partition coefficient (Wildman–Crippen LogP) is 1.98. The lowest BCUT2D eigenvalue weighted by Crippen LogP contribution is -2.43. The van der Waals surface area contributed by atoms with Gasteiger partial charge < -0.3 is 30.0 Å². The Bertz CT molecular complexity index is 1160. The molecule has 0 spiro atoms. The van der Waals surface area contributed by atoms with Crippen molar-refractivity contribution in [1.82, 2.24) is 29.7 Å². The third kappa shape index (κ3) is 4.90. The van der Waals surface area contributed by atoms with Crippen LogP contribution in [0.5, 0.6) is 0 Å². The van der Waals surface area contributed by atoms with Crippen molar-refractivity contribution in [2.24, 2.45) is 0 Å². The predicted molar refractivity (Wildman–Crippen MR) is 131 cm³/mol. The van der Waals surface area contributed by atoms with Gasteiger partial charge in [-0.2, -0.15) is 0 Å². The molecule has 2 aromatic rings. The Balaban J connectivity index is 1.27. The van der Waals surface area contributed by atoms with Crippen LogP contribution in [0.4, 0.5) is 10.6 Å². The van der Waals surface area contributed by atoms with Crippen molar-refractivity contribution in [1.29, 1.82) is 0 Å². The van der Waals surface area contributed by atoms with E-state index >= 15 is 0 Å². The summed E-state index contributed by atoms with van der Waals surface area (Å²) in [6, 6.07) is 0.0349. The summed E-state index contributed by atoms with van der Waals surface area (Å²) < 4.78 is 26.3. The topological polar surface area (TPSA) is 139 Å². The van der Waals surface area contributed by atoms with E-state index < -0.39 is 23.7 Å². The Morgan fingerprint density at radius 3 is 2.75 bits per heavy atom. The molecule has 12 nitrogen and oxygen atoms in total. The number of fused-ring (bicyclic) bond motifs is 2. The van der Waals surface area contributed by atoms with Crippen LogP contribution in [0.3, 0.4) is 0 Å². The number of imidazole rings is 1. The van der Waals surface area contributed by atoms with Crippen LogP contribution in [0.15, 0.2) is 24.8 Å². The minimum absolute atomic E-state index is 0.0928. The zero-order valence-electron chi connectivity index (χ0n) is 21.5. The van der Waals surface area contributed by atoms with E-state index in [0.29, 0.717) is 23.5 Å². The molecule has 3 N–H and O–H groups in total. The molecule has 0 saturated carbocycles. The van der Waals surface area contributed by atoms with Crippen LogP contribution in [0.1, 0.15) is 47.3 Å². The van der Waals surface area contributed by atoms with Gasteiger partial charge in [-0.15, -0.1) is 0 Å². The molecular weight excluding hydrogens is 466 g/mol. The second kappa shape index (κ2) is 8.94. The maximum absolute atomic E-state index is 12.2. The molecule has 2 aliphatic heterocycles. The van der Waals surface area contributed by atoms with Gasteiger partial charge in [-0.1, -0.05) is 12.2 Å². The number of nitrogens with two attached hydrogens (primary N) is 1. The summed E-state index contributed by atoms with van der Waals surface area (Å²) in [6.45, 7) is 9.96. The number of carbonyl (C=O) groups excluding carboxylic acids is 1. The van der Waals surface area contributed by atoms with Crippen molar-refractivity contribution in [3.05, 3.63) is 24.8 Å². The van der Waals surface area contributed by atoms with Gasteiger partial charge in [0.05, 0.1) is 12.4 Å². The molecule has 0 radical (unpaired) electrons. The number of rotatable bonds is 5. The SMILES string of the molecule is CN(C[C@H]1O[C@@H](n2cnc3c(N)ncnc32)[C@@H]2OC(C)(C)O[C@@H]21)[C@H]1C=C[C@H](NC(=O)OC(C)(C)C)C1. The summed E-state index contributed by atoms with van der Waals surface area (Å²) in [5.74, 6) is -0.426. The lowest BCUT2D eigenvalue weighted by Gasteiger charge is -2.30. The molecule has 196 valence electrons. The highest BCUT2D eigenvalue weighted by molar-refractivity contribution is 5.81. The first-order valence-corrected chi connectivity index (χ1v) is 12.2. The minimum atomic E-state index is -0.742. The Morgan fingerprint density at radius 2 is 2.00 bits per heavy atom. The fourth-order valence-corrected chi connectivity index (χ4v) is 5.08. The minimum Gasteiger partial charge on any atom is -0.444 e. The summed E-state index contributed by atoms with van der Waals surface area (Å²) in [6.07, 6.45) is 6.16. The third-order valence-corrected chi connectivity index (χ3v) is 6.58. The molecule has 5 rings (SSSR count). The molecular formula is C24H35N7O5. The second-order valence-electron chi connectivity index (χ2n) is 11.1. The molecule has 1 amide bonds. The van der Waals surface area contributed by atoms with Gasteiger partial charge in [-0.05, 0) is 48.1 Å². The van der Waals surface area contributed by atoms with Crippen LogP contribution in [0, 0.1) is 0 Å². The highest BCUT2D eigenvalue weighted by atomic mass is 16.8. The zero-order valence-corrected chi connectivity index (χ0v) is 21.5. The van der Waals surface area contributed by atoms with Gasteiger partial charge in [-0.3, -0.25) is 9.47 Å². The van der Waals surface area contributed by atoms with E-state index in [1.807, 2.05) is 52.3 Å². The van der Waals surface area contributed by atoms with Crippen molar-refractivity contribution < 1.29 is 23.7 Å². The molecule has 2 aromatic heterocycles. The summed E-state index contributed by atoms with van der Waals surface area (Å²) >= 11 is 0. The normalized spacial score (nSPS) is 31.3. The Morgan fingerprint density at radius 1 is 1.25 bits per heavy atom. The average molecular weight is 502 g/mol. The molecule has 0 unspecified atom stereocenters. The number of amides is 1. The first-order valence-electron chi connectivity index (χ1n) is 12.2. The van der Waals surface area contributed by atoms with E-state index in [9.17, 15) is 4.79 Å². The van der Waals surface area contributed by atoms with Crippen LogP contribution in [0.2, 0.25) is 0 Å². The summed E-state index contributed by atoms with van der Waals surface area (Å²) in [5, 5.41) is 2.93. The van der Waals surface area contributed by atoms with Crippen molar-refractivity contribution in [3.63, 3.8) is 0 Å². The Labute approximate surface area is 210 Å². The van der Waals surface area contributed by atoms with Crippen LogP contribution in [-0.2, 0) is 18.9 Å². The highest BCUT2D eigenvalue weighted by Gasteiger charge is 2.56. The van der Waals surface area contributed by atoms with Gasteiger partial charge in [-0.25, -0.2) is 19.7 Å². The van der Waals surface area contributed by atoms with E-state index in [4.69, 9.17) is 24.7 Å². The average Bonchev–Trinajstić information content (AvgIpc) is 3.51. The Kier molecular flexibility index (Phi) is 6.18. The molecule has 36 heavy (non-hydrogen) atoms. The van der Waals surface area contributed by atoms with Gasteiger partial charge in [0.1, 0.15) is 35.8 Å². The molecule has 0 aromatic carbocycles. The third-order valence-electron chi connectivity index (χ3n) is 6.58. The van der Waals surface area contributed by atoms with Crippen LogP contribution in [-0.4, -0.2) is 85.9 Å². The maximum atomic E-state index is 12.2. The summed E-state index contributed by atoms with van der Waals surface area (Å²) in [4.78, 5) is 27.2. The van der Waals surface area contributed by atoms with E-state index in [2.05, 4.69) is 31.2 Å². The van der Waals surface area contributed by atoms with E-state index in [1.165, 1.54) is 6.33 Å². The van der Waals surface area contributed by atoms with Gasteiger partial charge >= 0.3 is 6.09 Å². The lowest BCUT2D eigenvalue weighted by atomic mass is 10.1.